The zero-order valence-corrected chi connectivity index (χ0v) is 11.0. The second-order valence-electron chi connectivity index (χ2n) is 5.39. The Labute approximate surface area is 90.1 Å². The average Bonchev–Trinajstić information content (AvgIpc) is 2.03. The van der Waals surface area contributed by atoms with Crippen LogP contribution in [0.15, 0.2) is 0 Å². The predicted molar refractivity (Wildman–Crippen MR) is 64.7 cm³/mol. The summed E-state index contributed by atoms with van der Waals surface area (Å²) in [7, 11) is 2.06. The minimum absolute atomic E-state index is 0.330. The van der Waals surface area contributed by atoms with Crippen LogP contribution in [0.1, 0.15) is 41.5 Å². The van der Waals surface area contributed by atoms with E-state index in [-0.39, 0.29) is 0 Å². The number of nitrogens with one attached hydrogen (secondary N) is 1. The quantitative estimate of drug-likeness (QED) is 0.733. The van der Waals surface area contributed by atoms with Crippen molar-refractivity contribution in [3.05, 3.63) is 0 Å². The lowest BCUT2D eigenvalue weighted by Gasteiger charge is -2.36. The summed E-state index contributed by atoms with van der Waals surface area (Å²) in [5.41, 5.74) is 0.330. The summed E-state index contributed by atoms with van der Waals surface area (Å²) >= 11 is 0. The molecule has 0 aliphatic heterocycles. The maximum absolute atomic E-state index is 3.42. The first-order chi connectivity index (χ1) is 6.32. The maximum atomic E-state index is 3.42. The zero-order valence-electron chi connectivity index (χ0n) is 11.0. The van der Waals surface area contributed by atoms with E-state index in [1.54, 1.807) is 0 Å². The highest BCUT2D eigenvalue weighted by atomic mass is 15.2. The molecule has 0 rings (SSSR count). The van der Waals surface area contributed by atoms with Gasteiger partial charge in [0.2, 0.25) is 0 Å². The molecule has 0 aromatic heterocycles. The second kappa shape index (κ2) is 5.72. The average molecular weight is 200 g/mol. The minimum atomic E-state index is 0.330. The molecule has 0 aromatic rings. The molecule has 0 saturated heterocycles. The molecule has 0 aromatic carbocycles. The summed E-state index contributed by atoms with van der Waals surface area (Å²) in [5.74, 6) is 0. The van der Waals surface area contributed by atoms with Gasteiger partial charge in [0.05, 0.1) is 0 Å². The van der Waals surface area contributed by atoms with E-state index in [1.807, 2.05) is 0 Å². The Morgan fingerprint density at radius 3 is 1.93 bits per heavy atom. The van der Waals surface area contributed by atoms with Crippen LogP contribution in [0.3, 0.4) is 0 Å². The molecule has 0 fully saturated rings. The first-order valence-corrected chi connectivity index (χ1v) is 5.74. The fourth-order valence-electron chi connectivity index (χ4n) is 1.74. The molecule has 0 bridgehead atoms. The summed E-state index contributed by atoms with van der Waals surface area (Å²) < 4.78 is 0. The molecule has 0 heterocycles. The van der Waals surface area contributed by atoms with Crippen molar-refractivity contribution in [3.8, 4) is 0 Å². The molecule has 1 N–H and O–H groups in total. The molecule has 2 nitrogen and oxygen atoms in total. The van der Waals surface area contributed by atoms with Crippen LogP contribution in [0.25, 0.3) is 0 Å². The normalized spacial score (nSPS) is 15.2. The van der Waals surface area contributed by atoms with Gasteiger partial charge in [-0.15, -0.1) is 0 Å². The Hall–Kier alpha value is -0.0800. The van der Waals surface area contributed by atoms with Crippen LogP contribution in [0.5, 0.6) is 0 Å². The first kappa shape index (κ1) is 13.9. The molecule has 1 atom stereocenters. The van der Waals surface area contributed by atoms with Gasteiger partial charge in [-0.25, -0.2) is 0 Å². The van der Waals surface area contributed by atoms with Gasteiger partial charge >= 0.3 is 0 Å². The predicted octanol–water partition coefficient (Wildman–Crippen LogP) is 2.35. The number of nitrogens with zero attached hydrogens (tertiary/aromatic N) is 1. The van der Waals surface area contributed by atoms with Crippen LogP contribution >= 0.6 is 0 Å². The molecule has 86 valence electrons. The van der Waals surface area contributed by atoms with E-state index < -0.39 is 0 Å². The van der Waals surface area contributed by atoms with Crippen molar-refractivity contribution in [2.45, 2.75) is 53.6 Å². The third-order valence-electron chi connectivity index (χ3n) is 2.95. The van der Waals surface area contributed by atoms with E-state index >= 15 is 0 Å². The lowest BCUT2D eigenvalue weighted by Crippen LogP contribution is -2.48. The van der Waals surface area contributed by atoms with Gasteiger partial charge in [-0.05, 0) is 32.9 Å². The van der Waals surface area contributed by atoms with Gasteiger partial charge in [0.25, 0.3) is 0 Å². The molecule has 0 amide bonds. The van der Waals surface area contributed by atoms with Crippen molar-refractivity contribution in [1.29, 1.82) is 0 Å². The van der Waals surface area contributed by atoms with E-state index in [4.69, 9.17) is 0 Å². The van der Waals surface area contributed by atoms with E-state index in [0.717, 1.165) is 13.1 Å². The third-order valence-corrected chi connectivity index (χ3v) is 2.95. The van der Waals surface area contributed by atoms with Crippen molar-refractivity contribution in [1.82, 2.24) is 10.2 Å². The van der Waals surface area contributed by atoms with Crippen molar-refractivity contribution in [2.75, 3.05) is 20.1 Å². The molecule has 2 heteroatoms. The summed E-state index contributed by atoms with van der Waals surface area (Å²) in [5, 5.41) is 3.42. The largest absolute Gasteiger partial charge is 0.315 e. The van der Waals surface area contributed by atoms with Crippen molar-refractivity contribution in [3.63, 3.8) is 0 Å². The van der Waals surface area contributed by atoms with Crippen molar-refractivity contribution >= 4 is 0 Å². The number of hydrogen-bond acceptors (Lipinski definition) is 2. The van der Waals surface area contributed by atoms with E-state index in [1.165, 1.54) is 0 Å². The van der Waals surface area contributed by atoms with Crippen LogP contribution in [0.2, 0.25) is 0 Å². The van der Waals surface area contributed by atoms with Crippen molar-refractivity contribution in [2.24, 2.45) is 5.41 Å². The lowest BCUT2D eigenvalue weighted by atomic mass is 9.86. The first-order valence-electron chi connectivity index (χ1n) is 5.74. The summed E-state index contributed by atoms with van der Waals surface area (Å²) in [6, 6.07) is 1.20. The van der Waals surface area contributed by atoms with E-state index in [2.05, 4.69) is 58.8 Å². The van der Waals surface area contributed by atoms with Crippen LogP contribution < -0.4 is 5.32 Å². The van der Waals surface area contributed by atoms with E-state index in [9.17, 15) is 0 Å². The smallest absolute Gasteiger partial charge is 0.0240 e. The van der Waals surface area contributed by atoms with Gasteiger partial charge in [0, 0.05) is 18.6 Å². The highest BCUT2D eigenvalue weighted by Gasteiger charge is 2.25. The Kier molecular flexibility index (Phi) is 5.68. The van der Waals surface area contributed by atoms with Crippen LogP contribution in [0, 0.1) is 5.41 Å². The van der Waals surface area contributed by atoms with Gasteiger partial charge in [-0.2, -0.15) is 0 Å². The Morgan fingerprint density at radius 2 is 1.71 bits per heavy atom. The van der Waals surface area contributed by atoms with Gasteiger partial charge in [0.15, 0.2) is 0 Å². The van der Waals surface area contributed by atoms with E-state index in [0.29, 0.717) is 17.5 Å². The van der Waals surface area contributed by atoms with Crippen molar-refractivity contribution < 1.29 is 0 Å². The molecule has 0 spiro atoms. The molecule has 1 unspecified atom stereocenters. The highest BCUT2D eigenvalue weighted by molar-refractivity contribution is 4.82. The summed E-state index contributed by atoms with van der Waals surface area (Å²) in [4.78, 5) is 2.51. The van der Waals surface area contributed by atoms with Gasteiger partial charge < -0.3 is 5.32 Å². The van der Waals surface area contributed by atoms with Gasteiger partial charge in [-0.3, -0.25) is 4.90 Å². The van der Waals surface area contributed by atoms with Gasteiger partial charge in [-0.1, -0.05) is 27.7 Å². The standard InChI is InChI=1S/C12H28N2/c1-8-14(10(2)3)9-11(13-7)12(4,5)6/h10-11,13H,8-9H2,1-7H3. The Morgan fingerprint density at radius 1 is 1.21 bits per heavy atom. The zero-order chi connectivity index (χ0) is 11.4. The Bertz CT molecular complexity index is 147. The molecule has 14 heavy (non-hydrogen) atoms. The van der Waals surface area contributed by atoms with Gasteiger partial charge in [0.1, 0.15) is 0 Å². The fraction of sp³-hybridized carbons (Fsp3) is 1.00. The monoisotopic (exact) mass is 200 g/mol. The lowest BCUT2D eigenvalue weighted by molar-refractivity contribution is 0.157. The number of hydrogen-bond donors (Lipinski definition) is 1. The molecular formula is C12H28N2. The fourth-order valence-corrected chi connectivity index (χ4v) is 1.74. The summed E-state index contributed by atoms with van der Waals surface area (Å²) in [6.45, 7) is 15.9. The maximum Gasteiger partial charge on any atom is 0.0240 e. The van der Waals surface area contributed by atoms with Crippen LogP contribution in [-0.4, -0.2) is 37.1 Å². The highest BCUT2D eigenvalue weighted by Crippen LogP contribution is 2.20. The molecule has 0 aliphatic rings. The second-order valence-corrected chi connectivity index (χ2v) is 5.39. The van der Waals surface area contributed by atoms with Crippen LogP contribution in [-0.2, 0) is 0 Å². The SMILES string of the molecule is CCN(CC(NC)C(C)(C)C)C(C)C. The third kappa shape index (κ3) is 4.43. The van der Waals surface area contributed by atoms with Crippen LogP contribution in [0.4, 0.5) is 0 Å². The molecule has 0 radical (unpaired) electrons. The molecule has 0 saturated carbocycles. The Balaban J connectivity index is 4.29. The number of rotatable bonds is 5. The molecule has 0 aliphatic carbocycles. The summed E-state index contributed by atoms with van der Waals surface area (Å²) in [6.07, 6.45) is 0. The minimum Gasteiger partial charge on any atom is -0.315 e. The number of likely N-dealkylation sites (N-methyl/N-ethyl adjacent to an activating group) is 2. The topological polar surface area (TPSA) is 15.3 Å². The molecular weight excluding hydrogens is 172 g/mol.